The van der Waals surface area contributed by atoms with Gasteiger partial charge in [-0.15, -0.1) is 0 Å². The normalized spacial score (nSPS) is 17.2. The van der Waals surface area contributed by atoms with E-state index < -0.39 is 6.10 Å². The topological polar surface area (TPSA) is 69.6 Å². The molecule has 25 heavy (non-hydrogen) atoms. The number of nitrogens with zero attached hydrogens (tertiary/aromatic N) is 1. The number of carbonyl (C=O) groups excluding carboxylic acids is 2. The van der Waals surface area contributed by atoms with Gasteiger partial charge < -0.3 is 15.3 Å². The maximum absolute atomic E-state index is 12.8. The minimum absolute atomic E-state index is 0.179. The van der Waals surface area contributed by atoms with Gasteiger partial charge in [-0.05, 0) is 53.0 Å². The zero-order valence-electron chi connectivity index (χ0n) is 13.6. The minimum Gasteiger partial charge on any atom is -0.391 e. The number of β-amino-alcohol motifs (C(OH)–C–C–N with tert-alkyl or cyclic N) is 1. The molecule has 1 aliphatic heterocycles. The molecule has 1 heterocycles. The van der Waals surface area contributed by atoms with Crippen LogP contribution in [0.4, 0.5) is 5.69 Å². The van der Waals surface area contributed by atoms with E-state index in [1.54, 1.807) is 47.4 Å². The smallest absolute Gasteiger partial charge is 0.256 e. The second-order valence-corrected chi connectivity index (χ2v) is 6.88. The molecule has 0 aromatic heterocycles. The van der Waals surface area contributed by atoms with Gasteiger partial charge in [-0.2, -0.15) is 0 Å². The van der Waals surface area contributed by atoms with Crippen molar-refractivity contribution in [1.29, 1.82) is 0 Å². The molecule has 1 atom stereocenters. The Balaban J connectivity index is 1.82. The highest BCUT2D eigenvalue weighted by Gasteiger charge is 2.25. The zero-order valence-corrected chi connectivity index (χ0v) is 15.2. The van der Waals surface area contributed by atoms with Crippen LogP contribution in [-0.2, 0) is 0 Å². The summed E-state index contributed by atoms with van der Waals surface area (Å²) in [5, 5.41) is 12.6. The largest absolute Gasteiger partial charge is 0.391 e. The van der Waals surface area contributed by atoms with Crippen LogP contribution in [0.1, 0.15) is 33.6 Å². The Morgan fingerprint density at radius 1 is 1.08 bits per heavy atom. The number of piperidine rings is 1. The molecule has 0 saturated carbocycles. The van der Waals surface area contributed by atoms with Gasteiger partial charge in [0.15, 0.2) is 0 Å². The molecule has 0 aliphatic carbocycles. The SMILES string of the molecule is O=C(Nc1ccccc1C(=O)N1CCCC(O)C1)c1ccccc1Br. The van der Waals surface area contributed by atoms with E-state index >= 15 is 0 Å². The summed E-state index contributed by atoms with van der Waals surface area (Å²) in [6.07, 6.45) is 1.00. The van der Waals surface area contributed by atoms with Gasteiger partial charge in [0.1, 0.15) is 0 Å². The maximum Gasteiger partial charge on any atom is 0.256 e. The van der Waals surface area contributed by atoms with Crippen molar-refractivity contribution in [3.05, 3.63) is 64.1 Å². The van der Waals surface area contributed by atoms with Crippen LogP contribution in [0.25, 0.3) is 0 Å². The first-order valence-corrected chi connectivity index (χ1v) is 8.98. The average Bonchev–Trinajstić information content (AvgIpc) is 2.62. The highest BCUT2D eigenvalue weighted by Crippen LogP contribution is 2.22. The van der Waals surface area contributed by atoms with Crippen molar-refractivity contribution in [3.63, 3.8) is 0 Å². The summed E-state index contributed by atoms with van der Waals surface area (Å²) in [6, 6.07) is 14.1. The van der Waals surface area contributed by atoms with Gasteiger partial charge in [-0.1, -0.05) is 24.3 Å². The molecule has 130 valence electrons. The van der Waals surface area contributed by atoms with E-state index in [0.717, 1.165) is 6.42 Å². The molecule has 2 aromatic rings. The summed E-state index contributed by atoms with van der Waals surface area (Å²) in [4.78, 5) is 27.0. The van der Waals surface area contributed by atoms with Gasteiger partial charge in [0, 0.05) is 17.6 Å². The molecule has 2 N–H and O–H groups in total. The fraction of sp³-hybridized carbons (Fsp3) is 0.263. The van der Waals surface area contributed by atoms with Crippen molar-refractivity contribution in [2.24, 2.45) is 0 Å². The van der Waals surface area contributed by atoms with E-state index in [4.69, 9.17) is 0 Å². The summed E-state index contributed by atoms with van der Waals surface area (Å²) < 4.78 is 0.690. The first-order chi connectivity index (χ1) is 12.1. The van der Waals surface area contributed by atoms with Crippen LogP contribution < -0.4 is 5.32 Å². The van der Waals surface area contributed by atoms with Gasteiger partial charge in [0.05, 0.1) is 22.9 Å². The van der Waals surface area contributed by atoms with Crippen LogP contribution in [0, 0.1) is 0 Å². The number of halogens is 1. The van der Waals surface area contributed by atoms with Crippen LogP contribution in [0.2, 0.25) is 0 Å². The molecule has 0 radical (unpaired) electrons. The standard InChI is InChI=1S/C19H19BrN2O3/c20-16-9-3-1-7-14(16)18(24)21-17-10-4-2-8-15(17)19(25)22-11-5-6-13(23)12-22/h1-4,7-10,13,23H,5-6,11-12H2,(H,21,24). The van der Waals surface area contributed by atoms with E-state index in [-0.39, 0.29) is 11.8 Å². The summed E-state index contributed by atoms with van der Waals surface area (Å²) in [7, 11) is 0. The van der Waals surface area contributed by atoms with Gasteiger partial charge in [0.2, 0.25) is 0 Å². The first kappa shape index (κ1) is 17.6. The van der Waals surface area contributed by atoms with Gasteiger partial charge in [-0.3, -0.25) is 9.59 Å². The van der Waals surface area contributed by atoms with Crippen LogP contribution in [0.5, 0.6) is 0 Å². The maximum atomic E-state index is 12.8. The Kier molecular flexibility index (Phi) is 5.50. The number of aliphatic hydroxyl groups excluding tert-OH is 1. The molecule has 5 nitrogen and oxygen atoms in total. The highest BCUT2D eigenvalue weighted by atomic mass is 79.9. The Labute approximate surface area is 154 Å². The van der Waals surface area contributed by atoms with Crippen LogP contribution in [0.15, 0.2) is 53.0 Å². The number of hydrogen-bond donors (Lipinski definition) is 2. The van der Waals surface area contributed by atoms with E-state index in [9.17, 15) is 14.7 Å². The molecule has 1 fully saturated rings. The summed E-state index contributed by atoms with van der Waals surface area (Å²) in [6.45, 7) is 0.938. The number of carbonyl (C=O) groups is 2. The third kappa shape index (κ3) is 4.08. The fourth-order valence-electron chi connectivity index (χ4n) is 2.92. The highest BCUT2D eigenvalue weighted by molar-refractivity contribution is 9.10. The Morgan fingerprint density at radius 3 is 2.48 bits per heavy atom. The minimum atomic E-state index is -0.486. The predicted octanol–water partition coefficient (Wildman–Crippen LogP) is 3.30. The lowest BCUT2D eigenvalue weighted by Crippen LogP contribution is -2.42. The van der Waals surface area contributed by atoms with Gasteiger partial charge in [0.25, 0.3) is 11.8 Å². The van der Waals surface area contributed by atoms with Crippen molar-refractivity contribution in [2.75, 3.05) is 18.4 Å². The van der Waals surface area contributed by atoms with E-state index in [2.05, 4.69) is 21.2 Å². The van der Waals surface area contributed by atoms with Crippen molar-refractivity contribution < 1.29 is 14.7 Å². The number of rotatable bonds is 3. The lowest BCUT2D eigenvalue weighted by molar-refractivity contribution is 0.0474. The Bertz CT molecular complexity index is 794. The number of likely N-dealkylation sites (tertiary alicyclic amines) is 1. The Morgan fingerprint density at radius 2 is 1.76 bits per heavy atom. The molecular formula is C19H19BrN2O3. The van der Waals surface area contributed by atoms with Gasteiger partial charge in [-0.25, -0.2) is 0 Å². The van der Waals surface area contributed by atoms with Gasteiger partial charge >= 0.3 is 0 Å². The summed E-state index contributed by atoms with van der Waals surface area (Å²) in [5.41, 5.74) is 1.39. The molecule has 6 heteroatoms. The number of para-hydroxylation sites is 1. The molecule has 1 unspecified atom stereocenters. The fourth-order valence-corrected chi connectivity index (χ4v) is 3.39. The number of amides is 2. The molecule has 0 spiro atoms. The zero-order chi connectivity index (χ0) is 17.8. The number of aliphatic hydroxyl groups is 1. The van der Waals surface area contributed by atoms with Crippen molar-refractivity contribution >= 4 is 33.4 Å². The molecule has 2 amide bonds. The van der Waals surface area contributed by atoms with E-state index in [1.807, 2.05) is 6.07 Å². The quantitative estimate of drug-likeness (QED) is 0.827. The van der Waals surface area contributed by atoms with Crippen LogP contribution in [0.3, 0.4) is 0 Å². The van der Waals surface area contributed by atoms with E-state index in [1.165, 1.54) is 0 Å². The molecule has 1 aliphatic rings. The third-order valence-corrected chi connectivity index (χ3v) is 4.90. The summed E-state index contributed by atoms with van der Waals surface area (Å²) >= 11 is 3.36. The molecular weight excluding hydrogens is 384 g/mol. The molecule has 3 rings (SSSR count). The lowest BCUT2D eigenvalue weighted by atomic mass is 10.1. The molecule has 2 aromatic carbocycles. The Hall–Kier alpha value is -2.18. The summed E-state index contributed by atoms with van der Waals surface area (Å²) in [5.74, 6) is -0.465. The van der Waals surface area contributed by atoms with Crippen molar-refractivity contribution in [1.82, 2.24) is 4.90 Å². The predicted molar refractivity (Wildman–Crippen MR) is 99.7 cm³/mol. The third-order valence-electron chi connectivity index (χ3n) is 4.21. The molecule has 1 saturated heterocycles. The number of hydrogen-bond acceptors (Lipinski definition) is 3. The number of anilines is 1. The monoisotopic (exact) mass is 402 g/mol. The lowest BCUT2D eigenvalue weighted by Gasteiger charge is -2.30. The number of benzene rings is 2. The van der Waals surface area contributed by atoms with Crippen LogP contribution >= 0.6 is 15.9 Å². The van der Waals surface area contributed by atoms with E-state index in [0.29, 0.717) is 40.8 Å². The second-order valence-electron chi connectivity index (χ2n) is 6.03. The van der Waals surface area contributed by atoms with Crippen LogP contribution in [-0.4, -0.2) is 41.0 Å². The van der Waals surface area contributed by atoms with Crippen molar-refractivity contribution in [2.45, 2.75) is 18.9 Å². The van der Waals surface area contributed by atoms with Crippen molar-refractivity contribution in [3.8, 4) is 0 Å². The molecule has 0 bridgehead atoms. The average molecular weight is 403 g/mol. The second kappa shape index (κ2) is 7.80. The first-order valence-electron chi connectivity index (χ1n) is 8.18. The number of nitrogens with one attached hydrogen (secondary N) is 1.